The molecule has 1 amide bonds. The van der Waals surface area contributed by atoms with E-state index in [-0.39, 0.29) is 5.91 Å². The number of aryl methyl sites for hydroxylation is 2. The number of rotatable bonds is 6. The number of fused-ring (bicyclic) bond motifs is 1. The van der Waals surface area contributed by atoms with Crippen LogP contribution in [0.1, 0.15) is 21.7 Å². The van der Waals surface area contributed by atoms with Crippen molar-refractivity contribution in [1.29, 1.82) is 0 Å². The number of imidazole rings is 1. The summed E-state index contributed by atoms with van der Waals surface area (Å²) >= 11 is 0. The Morgan fingerprint density at radius 3 is 2.45 bits per heavy atom. The Balaban J connectivity index is 1.24. The van der Waals surface area contributed by atoms with Crippen molar-refractivity contribution in [2.45, 2.75) is 20.4 Å². The van der Waals surface area contributed by atoms with Gasteiger partial charge in [-0.05, 0) is 61.9 Å². The Kier molecular flexibility index (Phi) is 5.44. The molecule has 2 aromatic heterocycles. The smallest absolute Gasteiger partial charge is 0.251 e. The maximum atomic E-state index is 12.6. The number of carbonyl (C=O) groups is 1. The zero-order valence-electron chi connectivity index (χ0n) is 18.4. The molecule has 0 unspecified atom stereocenters. The van der Waals surface area contributed by atoms with Crippen LogP contribution in [0.15, 0.2) is 77.2 Å². The monoisotopic (exact) mass is 437 g/mol. The van der Waals surface area contributed by atoms with Gasteiger partial charge in [-0.3, -0.25) is 4.79 Å². The first kappa shape index (κ1) is 20.6. The van der Waals surface area contributed by atoms with Gasteiger partial charge in [-0.15, -0.1) is 10.2 Å². The number of amides is 1. The molecule has 3 aromatic carbocycles. The lowest BCUT2D eigenvalue weighted by Gasteiger charge is -2.09. The average molecular weight is 438 g/mol. The fourth-order valence-corrected chi connectivity index (χ4v) is 3.89. The van der Waals surface area contributed by atoms with Crippen LogP contribution in [-0.2, 0) is 6.54 Å². The summed E-state index contributed by atoms with van der Waals surface area (Å²) in [7, 11) is 0. The highest BCUT2D eigenvalue weighted by atomic mass is 16.4. The van der Waals surface area contributed by atoms with Gasteiger partial charge in [0.05, 0.1) is 11.0 Å². The number of hydrogen-bond donors (Lipinski definition) is 1. The first-order valence-corrected chi connectivity index (χ1v) is 10.8. The average Bonchev–Trinajstić information content (AvgIpc) is 3.44. The SMILES string of the molecule is Cc1ccccc1-c1nnc(-c2ccc(C(=O)NCCn3c(C)nc4ccccc43)cc2)o1. The number of carbonyl (C=O) groups excluding carboxylic acids is 1. The van der Waals surface area contributed by atoms with Gasteiger partial charge in [0, 0.05) is 29.8 Å². The molecule has 0 spiro atoms. The first-order valence-electron chi connectivity index (χ1n) is 10.8. The Bertz CT molecular complexity index is 1430. The lowest BCUT2D eigenvalue weighted by atomic mass is 10.1. The van der Waals surface area contributed by atoms with Crippen LogP contribution in [0.4, 0.5) is 0 Å². The van der Waals surface area contributed by atoms with Crippen LogP contribution in [-0.4, -0.2) is 32.2 Å². The van der Waals surface area contributed by atoms with Gasteiger partial charge >= 0.3 is 0 Å². The van der Waals surface area contributed by atoms with Gasteiger partial charge in [-0.25, -0.2) is 4.98 Å². The van der Waals surface area contributed by atoms with Crippen molar-refractivity contribution < 1.29 is 9.21 Å². The molecule has 7 heteroatoms. The van der Waals surface area contributed by atoms with E-state index in [1.54, 1.807) is 12.1 Å². The number of hydrogen-bond acceptors (Lipinski definition) is 5. The fraction of sp³-hybridized carbons (Fsp3) is 0.154. The van der Waals surface area contributed by atoms with E-state index >= 15 is 0 Å². The maximum Gasteiger partial charge on any atom is 0.251 e. The highest BCUT2D eigenvalue weighted by Crippen LogP contribution is 2.26. The third kappa shape index (κ3) is 4.13. The molecule has 0 aliphatic rings. The summed E-state index contributed by atoms with van der Waals surface area (Å²) in [5, 5.41) is 11.3. The van der Waals surface area contributed by atoms with Crippen molar-refractivity contribution in [3.63, 3.8) is 0 Å². The Morgan fingerprint density at radius 1 is 0.909 bits per heavy atom. The minimum Gasteiger partial charge on any atom is -0.416 e. The second-order valence-electron chi connectivity index (χ2n) is 7.86. The number of benzene rings is 3. The lowest BCUT2D eigenvalue weighted by molar-refractivity contribution is 0.0952. The summed E-state index contributed by atoms with van der Waals surface area (Å²) in [6.45, 7) is 5.14. The van der Waals surface area contributed by atoms with E-state index in [0.29, 0.717) is 30.4 Å². The summed E-state index contributed by atoms with van der Waals surface area (Å²) in [6.07, 6.45) is 0. The minimum atomic E-state index is -0.130. The largest absolute Gasteiger partial charge is 0.416 e. The molecule has 0 aliphatic heterocycles. The number of para-hydroxylation sites is 2. The Hall–Kier alpha value is -4.26. The van der Waals surface area contributed by atoms with Crippen molar-refractivity contribution >= 4 is 16.9 Å². The first-order chi connectivity index (χ1) is 16.1. The van der Waals surface area contributed by atoms with Crippen molar-refractivity contribution in [3.8, 4) is 22.9 Å². The van der Waals surface area contributed by atoms with E-state index in [1.807, 2.05) is 74.5 Å². The van der Waals surface area contributed by atoms with Crippen LogP contribution < -0.4 is 5.32 Å². The Morgan fingerprint density at radius 2 is 1.64 bits per heavy atom. The molecule has 0 aliphatic carbocycles. The van der Waals surface area contributed by atoms with Gasteiger partial charge in [-0.2, -0.15) is 0 Å². The van der Waals surface area contributed by atoms with E-state index in [2.05, 4.69) is 25.1 Å². The van der Waals surface area contributed by atoms with Crippen molar-refractivity contribution in [2.24, 2.45) is 0 Å². The van der Waals surface area contributed by atoms with Gasteiger partial charge in [0.2, 0.25) is 11.8 Å². The van der Waals surface area contributed by atoms with Crippen LogP contribution >= 0.6 is 0 Å². The molecule has 2 heterocycles. The summed E-state index contributed by atoms with van der Waals surface area (Å²) in [5.41, 5.74) is 5.34. The van der Waals surface area contributed by atoms with Gasteiger partial charge < -0.3 is 14.3 Å². The molecule has 0 saturated carbocycles. The molecule has 164 valence electrons. The summed E-state index contributed by atoms with van der Waals surface area (Å²) in [4.78, 5) is 17.2. The number of aromatic nitrogens is 4. The van der Waals surface area contributed by atoms with Gasteiger partial charge in [0.25, 0.3) is 5.91 Å². The second kappa shape index (κ2) is 8.70. The predicted molar refractivity (Wildman–Crippen MR) is 127 cm³/mol. The second-order valence-corrected chi connectivity index (χ2v) is 7.86. The summed E-state index contributed by atoms with van der Waals surface area (Å²) in [6, 6.07) is 23.0. The van der Waals surface area contributed by atoms with E-state index in [1.165, 1.54) is 0 Å². The van der Waals surface area contributed by atoms with E-state index in [9.17, 15) is 4.79 Å². The molecule has 0 bridgehead atoms. The van der Waals surface area contributed by atoms with Gasteiger partial charge in [0.1, 0.15) is 5.82 Å². The molecular formula is C26H23N5O2. The topological polar surface area (TPSA) is 85.8 Å². The molecule has 0 radical (unpaired) electrons. The fourth-order valence-electron chi connectivity index (χ4n) is 3.89. The maximum absolute atomic E-state index is 12.6. The molecular weight excluding hydrogens is 414 g/mol. The Labute approximate surface area is 191 Å². The van der Waals surface area contributed by atoms with Crippen LogP contribution in [0.2, 0.25) is 0 Å². The zero-order valence-corrected chi connectivity index (χ0v) is 18.4. The normalized spacial score (nSPS) is 11.1. The van der Waals surface area contributed by atoms with Crippen molar-refractivity contribution in [2.75, 3.05) is 6.54 Å². The van der Waals surface area contributed by atoms with E-state index in [4.69, 9.17) is 4.42 Å². The van der Waals surface area contributed by atoms with E-state index in [0.717, 1.165) is 33.5 Å². The molecule has 0 fully saturated rings. The quantitative estimate of drug-likeness (QED) is 0.412. The van der Waals surface area contributed by atoms with Crippen LogP contribution in [0.25, 0.3) is 33.9 Å². The number of nitrogens with zero attached hydrogens (tertiary/aromatic N) is 4. The minimum absolute atomic E-state index is 0.130. The molecule has 5 aromatic rings. The van der Waals surface area contributed by atoms with Crippen LogP contribution in [0.5, 0.6) is 0 Å². The third-order valence-electron chi connectivity index (χ3n) is 5.66. The lowest BCUT2D eigenvalue weighted by Crippen LogP contribution is -2.27. The van der Waals surface area contributed by atoms with Crippen LogP contribution in [0.3, 0.4) is 0 Å². The summed E-state index contributed by atoms with van der Waals surface area (Å²) in [5.74, 6) is 1.70. The molecule has 0 atom stereocenters. The third-order valence-corrected chi connectivity index (χ3v) is 5.66. The van der Waals surface area contributed by atoms with Gasteiger partial charge in [0.15, 0.2) is 0 Å². The van der Waals surface area contributed by atoms with Crippen LogP contribution in [0, 0.1) is 13.8 Å². The highest BCUT2D eigenvalue weighted by molar-refractivity contribution is 5.94. The van der Waals surface area contributed by atoms with Crippen molar-refractivity contribution in [3.05, 3.63) is 89.7 Å². The standard InChI is InChI=1S/C26H23N5O2/c1-17-7-3-4-8-21(17)26-30-29-25(33-26)20-13-11-19(12-14-20)24(32)27-15-16-31-18(2)28-22-9-5-6-10-23(22)31/h3-14H,15-16H2,1-2H3,(H,27,32). The molecule has 5 rings (SSSR count). The molecule has 33 heavy (non-hydrogen) atoms. The number of nitrogens with one attached hydrogen (secondary N) is 1. The van der Waals surface area contributed by atoms with E-state index < -0.39 is 0 Å². The highest BCUT2D eigenvalue weighted by Gasteiger charge is 2.13. The summed E-state index contributed by atoms with van der Waals surface area (Å²) < 4.78 is 7.97. The van der Waals surface area contributed by atoms with Gasteiger partial charge in [-0.1, -0.05) is 30.3 Å². The zero-order chi connectivity index (χ0) is 22.8. The molecule has 0 saturated heterocycles. The molecule has 7 nitrogen and oxygen atoms in total. The molecule has 1 N–H and O–H groups in total. The van der Waals surface area contributed by atoms with Crippen molar-refractivity contribution in [1.82, 2.24) is 25.1 Å². The predicted octanol–water partition coefficient (Wildman–Crippen LogP) is 4.80.